The van der Waals surface area contributed by atoms with Gasteiger partial charge in [0.15, 0.2) is 0 Å². The highest BCUT2D eigenvalue weighted by atomic mass is 16.6. The highest BCUT2D eigenvalue weighted by molar-refractivity contribution is 5.78. The fourth-order valence-electron chi connectivity index (χ4n) is 5.18. The predicted molar refractivity (Wildman–Crippen MR) is 154 cm³/mol. The van der Waals surface area contributed by atoms with E-state index in [-0.39, 0.29) is 23.9 Å². The van der Waals surface area contributed by atoms with Crippen LogP contribution in [0.5, 0.6) is 17.2 Å². The molecular formula is C33H44O6. The van der Waals surface area contributed by atoms with E-state index in [4.69, 9.17) is 28.4 Å². The third-order valence-corrected chi connectivity index (χ3v) is 8.25. The second kappa shape index (κ2) is 9.83. The second-order valence-corrected chi connectivity index (χ2v) is 12.9. The van der Waals surface area contributed by atoms with E-state index in [0.29, 0.717) is 0 Å². The molecule has 3 atom stereocenters. The van der Waals surface area contributed by atoms with E-state index < -0.39 is 11.2 Å². The van der Waals surface area contributed by atoms with Gasteiger partial charge in [-0.25, -0.2) is 0 Å². The van der Waals surface area contributed by atoms with Gasteiger partial charge in [-0.15, -0.1) is 0 Å². The van der Waals surface area contributed by atoms with Gasteiger partial charge in [0.05, 0.1) is 19.8 Å². The Labute approximate surface area is 233 Å². The summed E-state index contributed by atoms with van der Waals surface area (Å²) >= 11 is 0. The number of hydrogen-bond acceptors (Lipinski definition) is 6. The summed E-state index contributed by atoms with van der Waals surface area (Å²) in [7, 11) is 0. The van der Waals surface area contributed by atoms with Gasteiger partial charge >= 0.3 is 0 Å². The van der Waals surface area contributed by atoms with Gasteiger partial charge in [-0.2, -0.15) is 0 Å². The molecule has 2 aromatic carbocycles. The first-order valence-corrected chi connectivity index (χ1v) is 14.0. The lowest BCUT2D eigenvalue weighted by molar-refractivity contribution is 0.0657. The van der Waals surface area contributed by atoms with Crippen molar-refractivity contribution in [2.75, 3.05) is 19.8 Å². The Bertz CT molecular complexity index is 1200. The zero-order valence-corrected chi connectivity index (χ0v) is 25.2. The van der Waals surface area contributed by atoms with Crippen molar-refractivity contribution >= 4 is 12.2 Å². The molecule has 0 bridgehead atoms. The van der Waals surface area contributed by atoms with Crippen LogP contribution in [0.25, 0.3) is 12.2 Å². The highest BCUT2D eigenvalue weighted by Crippen LogP contribution is 2.41. The van der Waals surface area contributed by atoms with Crippen LogP contribution in [0.15, 0.2) is 18.2 Å². The number of ether oxygens (including phenoxy) is 6. The Hall–Kier alpha value is -2.54. The van der Waals surface area contributed by atoms with Crippen molar-refractivity contribution in [2.24, 2.45) is 0 Å². The average molecular weight is 537 g/mol. The minimum Gasteiger partial charge on any atom is -0.485 e. The average Bonchev–Trinajstić information content (AvgIpc) is 3.69. The Kier molecular flexibility index (Phi) is 7.06. The van der Waals surface area contributed by atoms with Crippen LogP contribution in [-0.4, -0.2) is 54.9 Å². The molecule has 0 aromatic heterocycles. The number of aryl methyl sites for hydroxylation is 2. The molecule has 0 amide bonds. The monoisotopic (exact) mass is 536 g/mol. The van der Waals surface area contributed by atoms with E-state index in [1.54, 1.807) is 0 Å². The van der Waals surface area contributed by atoms with Crippen LogP contribution in [0, 0.1) is 27.7 Å². The minimum atomic E-state index is -0.435. The molecule has 3 heterocycles. The molecule has 0 N–H and O–H groups in total. The topological polar surface area (TPSA) is 65.3 Å². The van der Waals surface area contributed by atoms with Gasteiger partial charge in [0.25, 0.3) is 0 Å². The molecule has 212 valence electrons. The van der Waals surface area contributed by atoms with Gasteiger partial charge in [0.2, 0.25) is 0 Å². The van der Waals surface area contributed by atoms with Crippen LogP contribution in [0.2, 0.25) is 0 Å². The van der Waals surface area contributed by atoms with Gasteiger partial charge in [-0.1, -0.05) is 12.2 Å². The second-order valence-electron chi connectivity index (χ2n) is 12.9. The summed E-state index contributed by atoms with van der Waals surface area (Å²) in [6, 6.07) is 6.26. The Morgan fingerprint density at radius 1 is 0.590 bits per heavy atom. The Balaban J connectivity index is 1.48. The normalized spacial score (nSPS) is 22.7. The van der Waals surface area contributed by atoms with Crippen LogP contribution in [0.4, 0.5) is 0 Å². The van der Waals surface area contributed by atoms with E-state index in [2.05, 4.69) is 93.5 Å². The van der Waals surface area contributed by atoms with Crippen LogP contribution in [0.1, 0.15) is 74.9 Å². The fourth-order valence-corrected chi connectivity index (χ4v) is 5.18. The summed E-state index contributed by atoms with van der Waals surface area (Å²) in [6.45, 7) is 23.2. The molecule has 6 heteroatoms. The highest BCUT2D eigenvalue weighted by Gasteiger charge is 2.44. The molecular weight excluding hydrogens is 492 g/mol. The first kappa shape index (κ1) is 28.0. The van der Waals surface area contributed by atoms with Crippen LogP contribution >= 0.6 is 0 Å². The zero-order valence-electron chi connectivity index (χ0n) is 25.2. The first-order chi connectivity index (χ1) is 18.2. The summed E-state index contributed by atoms with van der Waals surface area (Å²) in [5, 5.41) is 0. The van der Waals surface area contributed by atoms with Gasteiger partial charge in [-0.05, 0) is 115 Å². The number of hydrogen-bond donors (Lipinski definition) is 0. The van der Waals surface area contributed by atoms with Crippen molar-refractivity contribution in [1.82, 2.24) is 0 Å². The van der Waals surface area contributed by atoms with Gasteiger partial charge in [0.1, 0.15) is 52.4 Å². The maximum absolute atomic E-state index is 6.57. The molecule has 3 unspecified atom stereocenters. The maximum Gasteiger partial charge on any atom is 0.132 e. The van der Waals surface area contributed by atoms with E-state index in [1.807, 2.05) is 6.07 Å². The third kappa shape index (κ3) is 6.13. The fraction of sp³-hybridized carbons (Fsp3) is 0.576. The number of benzene rings is 2. The molecule has 3 aliphatic rings. The maximum atomic E-state index is 6.57. The standard InChI is InChI=1S/C33H44O6/c1-19-13-23(37-31(5,6)28-16-34-28)14-20(2)24(19)11-12-25-21(3)26(38-32(7,8)29-17-35-29)15-27(22(25)4)39-33(9,10)30-18-36-30/h11-15,28-30H,16-18H2,1-10H3. The summed E-state index contributed by atoms with van der Waals surface area (Å²) < 4.78 is 36.1. The van der Waals surface area contributed by atoms with Crippen molar-refractivity contribution < 1.29 is 28.4 Å². The lowest BCUT2D eigenvalue weighted by Gasteiger charge is -2.30. The molecule has 5 rings (SSSR count). The van der Waals surface area contributed by atoms with Crippen molar-refractivity contribution in [2.45, 2.75) is 104 Å². The van der Waals surface area contributed by atoms with Crippen molar-refractivity contribution in [3.05, 3.63) is 51.6 Å². The van der Waals surface area contributed by atoms with Crippen LogP contribution in [0.3, 0.4) is 0 Å². The summed E-state index contributed by atoms with van der Waals surface area (Å²) in [4.78, 5) is 0. The van der Waals surface area contributed by atoms with Crippen LogP contribution < -0.4 is 14.2 Å². The summed E-state index contributed by atoms with van der Waals surface area (Å²) in [6.07, 6.45) is 4.73. The van der Waals surface area contributed by atoms with E-state index >= 15 is 0 Å². The van der Waals surface area contributed by atoms with Gasteiger partial charge < -0.3 is 28.4 Å². The molecule has 3 fully saturated rings. The van der Waals surface area contributed by atoms with Crippen molar-refractivity contribution in [3.63, 3.8) is 0 Å². The summed E-state index contributed by atoms with van der Waals surface area (Å²) in [5.41, 5.74) is 5.52. The lowest BCUT2D eigenvalue weighted by atomic mass is 9.96. The largest absolute Gasteiger partial charge is 0.485 e. The lowest BCUT2D eigenvalue weighted by Crippen LogP contribution is -2.36. The molecule has 0 saturated carbocycles. The molecule has 2 aromatic rings. The van der Waals surface area contributed by atoms with E-state index in [1.165, 1.54) is 5.56 Å². The molecule has 3 aliphatic heterocycles. The number of rotatable bonds is 11. The smallest absolute Gasteiger partial charge is 0.132 e. The third-order valence-electron chi connectivity index (χ3n) is 8.25. The van der Waals surface area contributed by atoms with E-state index in [0.717, 1.165) is 64.9 Å². The molecule has 39 heavy (non-hydrogen) atoms. The SMILES string of the molecule is Cc1cc(OC(C)(C)C2CO2)cc(C)c1C=Cc1c(C)c(OC(C)(C)C2CO2)cc(OC(C)(C)C2CO2)c1C. The summed E-state index contributed by atoms with van der Waals surface area (Å²) in [5.74, 6) is 2.49. The molecule has 0 aliphatic carbocycles. The minimum absolute atomic E-state index is 0.0976. The van der Waals surface area contributed by atoms with Gasteiger partial charge in [-0.3, -0.25) is 0 Å². The Morgan fingerprint density at radius 3 is 1.33 bits per heavy atom. The first-order valence-electron chi connectivity index (χ1n) is 14.0. The van der Waals surface area contributed by atoms with Gasteiger partial charge in [0, 0.05) is 6.07 Å². The predicted octanol–water partition coefficient (Wildman–Crippen LogP) is 6.76. The zero-order chi connectivity index (χ0) is 28.3. The molecule has 0 radical (unpaired) electrons. The molecule has 0 spiro atoms. The van der Waals surface area contributed by atoms with Crippen molar-refractivity contribution in [3.8, 4) is 17.2 Å². The molecule has 3 saturated heterocycles. The van der Waals surface area contributed by atoms with E-state index in [9.17, 15) is 0 Å². The van der Waals surface area contributed by atoms with Crippen LogP contribution in [-0.2, 0) is 14.2 Å². The number of epoxide rings is 3. The van der Waals surface area contributed by atoms with Crippen molar-refractivity contribution in [1.29, 1.82) is 0 Å². The quantitative estimate of drug-likeness (QED) is 0.234. The molecule has 6 nitrogen and oxygen atoms in total. The Morgan fingerprint density at radius 2 is 0.949 bits per heavy atom.